The van der Waals surface area contributed by atoms with Crippen LogP contribution in [0, 0.1) is 17.5 Å². The number of aromatic nitrogens is 4. The number of carbonyl (C=O) groups excluding carboxylic acids is 2. The van der Waals surface area contributed by atoms with E-state index in [0.29, 0.717) is 23.6 Å². The van der Waals surface area contributed by atoms with E-state index in [1.807, 2.05) is 0 Å². The lowest BCUT2D eigenvalue weighted by Gasteiger charge is -2.13. The molecule has 33 heavy (non-hydrogen) atoms. The average Bonchev–Trinajstić information content (AvgIpc) is 3.20. The molecule has 0 fully saturated rings. The number of hydrogen-bond donors (Lipinski definition) is 2. The number of rotatable bonds is 9. The van der Waals surface area contributed by atoms with E-state index >= 15 is 0 Å². The number of pyridine rings is 1. The zero-order valence-electron chi connectivity index (χ0n) is 17.4. The second-order valence-electron chi connectivity index (χ2n) is 6.69. The van der Waals surface area contributed by atoms with Crippen LogP contribution in [0.25, 0.3) is 11.4 Å². The highest BCUT2D eigenvalue weighted by Crippen LogP contribution is 2.26. The van der Waals surface area contributed by atoms with Crippen molar-refractivity contribution in [1.29, 1.82) is 0 Å². The maximum atomic E-state index is 13.7. The van der Waals surface area contributed by atoms with Crippen LogP contribution in [0.4, 0.5) is 18.9 Å². The van der Waals surface area contributed by atoms with Crippen LogP contribution in [-0.4, -0.2) is 43.4 Å². The maximum absolute atomic E-state index is 13.7. The van der Waals surface area contributed by atoms with Crippen LogP contribution in [0.1, 0.15) is 6.92 Å². The predicted molar refractivity (Wildman–Crippen MR) is 117 cm³/mol. The van der Waals surface area contributed by atoms with Gasteiger partial charge in [-0.25, -0.2) is 13.2 Å². The van der Waals surface area contributed by atoms with Crippen LogP contribution in [0.3, 0.4) is 0 Å². The molecule has 8 nitrogen and oxygen atoms in total. The summed E-state index contributed by atoms with van der Waals surface area (Å²) in [6.07, 6.45) is 4.93. The van der Waals surface area contributed by atoms with Crippen molar-refractivity contribution in [3.05, 3.63) is 66.8 Å². The molecule has 0 aliphatic heterocycles. The second-order valence-corrected chi connectivity index (χ2v) is 8.00. The van der Waals surface area contributed by atoms with Crippen molar-refractivity contribution in [1.82, 2.24) is 25.1 Å². The Morgan fingerprint density at radius 1 is 1.15 bits per heavy atom. The molecule has 0 aliphatic rings. The summed E-state index contributed by atoms with van der Waals surface area (Å²) in [6.45, 7) is 5.26. The minimum atomic E-state index is -1.70. The lowest BCUT2D eigenvalue weighted by atomic mass is 10.2. The van der Waals surface area contributed by atoms with Crippen LogP contribution >= 0.6 is 11.8 Å². The second kappa shape index (κ2) is 10.8. The van der Waals surface area contributed by atoms with Gasteiger partial charge in [-0.15, -0.1) is 16.8 Å². The maximum Gasteiger partial charge on any atom is 0.243 e. The topological polar surface area (TPSA) is 102 Å². The third-order valence-corrected chi connectivity index (χ3v) is 5.43. The van der Waals surface area contributed by atoms with Gasteiger partial charge in [0.25, 0.3) is 0 Å². The molecule has 2 aromatic heterocycles. The van der Waals surface area contributed by atoms with Crippen LogP contribution in [0.15, 0.2) is 54.5 Å². The molecule has 1 aromatic carbocycles. The third kappa shape index (κ3) is 5.77. The first-order valence-electron chi connectivity index (χ1n) is 9.64. The fraction of sp³-hybridized carbons (Fsp3) is 0.190. The molecule has 0 aliphatic carbocycles. The molecule has 0 saturated carbocycles. The van der Waals surface area contributed by atoms with Gasteiger partial charge in [0.1, 0.15) is 0 Å². The molecule has 0 spiro atoms. The standard InChI is InChI=1S/C21H19F3N6O2S/c1-3-10-30-19(13-6-8-25-9-7-13)28-29-21(30)33-12(2)20(32)26-11-16(31)27-15-5-4-14(22)17(23)18(15)24/h3-9,12H,1,10-11H2,2H3,(H,26,32)(H,27,31). The monoisotopic (exact) mass is 476 g/mol. The molecular formula is C21H19F3N6O2S. The summed E-state index contributed by atoms with van der Waals surface area (Å²) >= 11 is 1.13. The summed E-state index contributed by atoms with van der Waals surface area (Å²) in [7, 11) is 0. The highest BCUT2D eigenvalue weighted by atomic mass is 32.2. The van der Waals surface area contributed by atoms with Gasteiger partial charge < -0.3 is 10.6 Å². The molecule has 3 rings (SSSR count). The summed E-state index contributed by atoms with van der Waals surface area (Å²) in [6, 6.07) is 5.13. The number of amides is 2. The SMILES string of the molecule is C=CCn1c(SC(C)C(=O)NCC(=O)Nc2ccc(F)c(F)c2F)nnc1-c1ccncc1. The summed E-state index contributed by atoms with van der Waals surface area (Å²) in [5, 5.41) is 12.6. The van der Waals surface area contributed by atoms with Gasteiger partial charge in [-0.3, -0.25) is 19.1 Å². The zero-order chi connectivity index (χ0) is 24.0. The van der Waals surface area contributed by atoms with Crippen molar-refractivity contribution >= 4 is 29.3 Å². The number of carbonyl (C=O) groups is 2. The number of thioether (sulfide) groups is 1. The Kier molecular flexibility index (Phi) is 7.83. The van der Waals surface area contributed by atoms with E-state index < -0.39 is 46.7 Å². The van der Waals surface area contributed by atoms with Crippen molar-refractivity contribution < 1.29 is 22.8 Å². The average molecular weight is 476 g/mol. The Morgan fingerprint density at radius 3 is 2.58 bits per heavy atom. The Labute approximate surface area is 191 Å². The van der Waals surface area contributed by atoms with Gasteiger partial charge in [0.2, 0.25) is 11.8 Å². The van der Waals surface area contributed by atoms with Gasteiger partial charge in [0.15, 0.2) is 28.4 Å². The van der Waals surface area contributed by atoms with E-state index in [1.165, 1.54) is 0 Å². The van der Waals surface area contributed by atoms with Crippen molar-refractivity contribution in [3.8, 4) is 11.4 Å². The smallest absolute Gasteiger partial charge is 0.243 e. The van der Waals surface area contributed by atoms with Crippen molar-refractivity contribution in [2.75, 3.05) is 11.9 Å². The van der Waals surface area contributed by atoms with E-state index in [-0.39, 0.29) is 0 Å². The number of halogens is 3. The molecule has 1 atom stereocenters. The lowest BCUT2D eigenvalue weighted by Crippen LogP contribution is -2.37. The molecule has 2 amide bonds. The number of hydrogen-bond acceptors (Lipinski definition) is 6. The number of nitrogens with zero attached hydrogens (tertiary/aromatic N) is 4. The van der Waals surface area contributed by atoms with Gasteiger partial charge in [0.05, 0.1) is 17.5 Å². The number of nitrogens with one attached hydrogen (secondary N) is 2. The van der Waals surface area contributed by atoms with Gasteiger partial charge in [-0.2, -0.15) is 0 Å². The van der Waals surface area contributed by atoms with Crippen LogP contribution in [-0.2, 0) is 16.1 Å². The molecule has 0 bridgehead atoms. The van der Waals surface area contributed by atoms with E-state index in [2.05, 4.69) is 32.4 Å². The Balaban J connectivity index is 1.61. The summed E-state index contributed by atoms with van der Waals surface area (Å²) in [5.41, 5.74) is 0.265. The van der Waals surface area contributed by atoms with Crippen LogP contribution < -0.4 is 10.6 Å². The molecule has 0 saturated heterocycles. The zero-order valence-corrected chi connectivity index (χ0v) is 18.2. The number of benzene rings is 1. The first-order chi connectivity index (χ1) is 15.8. The minimum absolute atomic E-state index is 0.406. The Hall–Kier alpha value is -3.67. The van der Waals surface area contributed by atoms with Crippen molar-refractivity contribution in [2.45, 2.75) is 23.9 Å². The van der Waals surface area contributed by atoms with Crippen molar-refractivity contribution in [2.24, 2.45) is 0 Å². The van der Waals surface area contributed by atoms with E-state index in [9.17, 15) is 22.8 Å². The molecule has 2 N–H and O–H groups in total. The lowest BCUT2D eigenvalue weighted by molar-refractivity contribution is -0.123. The molecule has 172 valence electrons. The van der Waals surface area contributed by atoms with E-state index in [4.69, 9.17) is 0 Å². The van der Waals surface area contributed by atoms with Gasteiger partial charge in [0, 0.05) is 24.5 Å². The van der Waals surface area contributed by atoms with E-state index in [1.54, 1.807) is 42.1 Å². The summed E-state index contributed by atoms with van der Waals surface area (Å²) in [4.78, 5) is 28.4. The third-order valence-electron chi connectivity index (χ3n) is 4.35. The first kappa shape index (κ1) is 24.0. The van der Waals surface area contributed by atoms with Crippen LogP contribution in [0.5, 0.6) is 0 Å². The fourth-order valence-electron chi connectivity index (χ4n) is 2.72. The molecule has 12 heteroatoms. The molecule has 3 aromatic rings. The van der Waals surface area contributed by atoms with E-state index in [0.717, 1.165) is 23.4 Å². The predicted octanol–water partition coefficient (Wildman–Crippen LogP) is 3.18. The van der Waals surface area contributed by atoms with Gasteiger partial charge in [-0.05, 0) is 31.2 Å². The normalized spacial score (nSPS) is 11.6. The van der Waals surface area contributed by atoms with Crippen molar-refractivity contribution in [3.63, 3.8) is 0 Å². The van der Waals surface area contributed by atoms with Gasteiger partial charge in [-0.1, -0.05) is 17.8 Å². The first-order valence-corrected chi connectivity index (χ1v) is 10.5. The highest BCUT2D eigenvalue weighted by molar-refractivity contribution is 8.00. The van der Waals surface area contributed by atoms with Gasteiger partial charge >= 0.3 is 0 Å². The largest absolute Gasteiger partial charge is 0.346 e. The fourth-order valence-corrected chi connectivity index (χ4v) is 3.61. The summed E-state index contributed by atoms with van der Waals surface area (Å²) in [5.74, 6) is -5.30. The molecule has 2 heterocycles. The molecule has 1 unspecified atom stereocenters. The quantitative estimate of drug-likeness (QED) is 0.280. The highest BCUT2D eigenvalue weighted by Gasteiger charge is 2.21. The Morgan fingerprint density at radius 2 is 1.88 bits per heavy atom. The van der Waals surface area contributed by atoms with Crippen LogP contribution in [0.2, 0.25) is 0 Å². The number of anilines is 1. The molecule has 0 radical (unpaired) electrons. The minimum Gasteiger partial charge on any atom is -0.346 e. The Bertz CT molecular complexity index is 1170. The molecular weight excluding hydrogens is 457 g/mol. The number of allylic oxidation sites excluding steroid dienone is 1. The summed E-state index contributed by atoms with van der Waals surface area (Å²) < 4.78 is 41.7.